The number of benzene rings is 2. The number of hydrogen-bond acceptors (Lipinski definition) is 2. The summed E-state index contributed by atoms with van der Waals surface area (Å²) in [6, 6.07) is 17.7. The average Bonchev–Trinajstić information content (AvgIpc) is 3.09. The molecule has 28 heavy (non-hydrogen) atoms. The van der Waals surface area contributed by atoms with Crippen LogP contribution in [0.1, 0.15) is 15.9 Å². The van der Waals surface area contributed by atoms with Gasteiger partial charge in [-0.15, -0.1) is 0 Å². The number of para-hydroxylation sites is 1. The highest BCUT2D eigenvalue weighted by molar-refractivity contribution is 6.07. The van der Waals surface area contributed by atoms with Crippen LogP contribution in [-0.4, -0.2) is 52.4 Å². The first-order valence-electron chi connectivity index (χ1n) is 9.49. The summed E-state index contributed by atoms with van der Waals surface area (Å²) in [5, 5.41) is 0.972. The van der Waals surface area contributed by atoms with Crippen molar-refractivity contribution in [1.29, 1.82) is 0 Å². The predicted octanol–water partition coefficient (Wildman–Crippen LogP) is 3.18. The Bertz CT molecular complexity index is 1030. The summed E-state index contributed by atoms with van der Waals surface area (Å²) < 4.78 is 1.98. The molecule has 142 valence electrons. The van der Waals surface area contributed by atoms with E-state index in [0.717, 1.165) is 22.0 Å². The lowest BCUT2D eigenvalue weighted by molar-refractivity contribution is -0.127. The molecule has 5 heteroatoms. The second kappa shape index (κ2) is 7.72. The van der Waals surface area contributed by atoms with Crippen molar-refractivity contribution in [3.8, 4) is 0 Å². The van der Waals surface area contributed by atoms with Gasteiger partial charge in [0.25, 0.3) is 5.91 Å². The van der Waals surface area contributed by atoms with Crippen LogP contribution in [0.25, 0.3) is 17.0 Å². The third-order valence-corrected chi connectivity index (χ3v) is 5.22. The van der Waals surface area contributed by atoms with Gasteiger partial charge in [0, 0.05) is 56.4 Å². The molecule has 0 bridgehead atoms. The second-order valence-electron chi connectivity index (χ2n) is 7.03. The number of aromatic nitrogens is 1. The summed E-state index contributed by atoms with van der Waals surface area (Å²) in [5.41, 5.74) is 2.77. The van der Waals surface area contributed by atoms with E-state index in [0.29, 0.717) is 26.2 Å². The fourth-order valence-corrected chi connectivity index (χ4v) is 3.65. The van der Waals surface area contributed by atoms with Crippen LogP contribution < -0.4 is 0 Å². The van der Waals surface area contributed by atoms with Crippen molar-refractivity contribution in [3.05, 3.63) is 78.0 Å². The number of piperazine rings is 1. The number of hydrogen-bond donors (Lipinski definition) is 0. The minimum absolute atomic E-state index is 0.0129. The van der Waals surface area contributed by atoms with E-state index in [4.69, 9.17) is 0 Å². The highest BCUT2D eigenvalue weighted by atomic mass is 16.2. The van der Waals surface area contributed by atoms with Crippen molar-refractivity contribution < 1.29 is 9.59 Å². The Balaban J connectivity index is 1.40. The molecule has 4 rings (SSSR count). The van der Waals surface area contributed by atoms with Gasteiger partial charge in [0.2, 0.25) is 5.91 Å². The minimum Gasteiger partial charge on any atom is -0.350 e. The molecule has 0 N–H and O–H groups in total. The van der Waals surface area contributed by atoms with E-state index in [1.807, 2.05) is 83.4 Å². The van der Waals surface area contributed by atoms with Gasteiger partial charge in [-0.05, 0) is 17.7 Å². The van der Waals surface area contributed by atoms with E-state index >= 15 is 0 Å². The molecule has 1 aliphatic rings. The fourth-order valence-electron chi connectivity index (χ4n) is 3.65. The van der Waals surface area contributed by atoms with Crippen LogP contribution in [0, 0.1) is 0 Å². The van der Waals surface area contributed by atoms with Gasteiger partial charge >= 0.3 is 0 Å². The number of carbonyl (C=O) groups excluding carboxylic acids is 2. The zero-order valence-electron chi connectivity index (χ0n) is 15.9. The predicted molar refractivity (Wildman–Crippen MR) is 111 cm³/mol. The Hall–Kier alpha value is -3.34. The first-order chi connectivity index (χ1) is 13.6. The fraction of sp³-hybridized carbons (Fsp3) is 0.217. The molecule has 0 atom stereocenters. The van der Waals surface area contributed by atoms with Gasteiger partial charge in [-0.1, -0.05) is 48.5 Å². The second-order valence-corrected chi connectivity index (χ2v) is 7.03. The van der Waals surface area contributed by atoms with Crippen LogP contribution in [-0.2, 0) is 11.8 Å². The van der Waals surface area contributed by atoms with Gasteiger partial charge in [0.05, 0.1) is 5.56 Å². The number of rotatable bonds is 3. The van der Waals surface area contributed by atoms with Gasteiger partial charge in [-0.3, -0.25) is 9.59 Å². The lowest BCUT2D eigenvalue weighted by atomic mass is 10.1. The lowest BCUT2D eigenvalue weighted by Crippen LogP contribution is -2.50. The molecule has 2 aromatic carbocycles. The Labute approximate surface area is 164 Å². The number of nitrogens with zero attached hydrogens (tertiary/aromatic N) is 3. The van der Waals surface area contributed by atoms with Crippen LogP contribution in [0.5, 0.6) is 0 Å². The van der Waals surface area contributed by atoms with Crippen LogP contribution in [0.2, 0.25) is 0 Å². The lowest BCUT2D eigenvalue weighted by Gasteiger charge is -2.34. The van der Waals surface area contributed by atoms with Crippen molar-refractivity contribution in [2.75, 3.05) is 26.2 Å². The SMILES string of the molecule is Cn1cc(C(=O)N2CCN(C(=O)/C=C/c3ccccc3)CC2)c2ccccc21. The smallest absolute Gasteiger partial charge is 0.256 e. The van der Waals surface area contributed by atoms with Crippen molar-refractivity contribution in [1.82, 2.24) is 14.4 Å². The standard InChI is InChI=1S/C23H23N3O2/c1-24-17-20(19-9-5-6-10-21(19)24)23(28)26-15-13-25(14-16-26)22(27)12-11-18-7-3-2-4-8-18/h2-12,17H,13-16H2,1H3/b12-11+. The van der Waals surface area contributed by atoms with Gasteiger partial charge in [0.15, 0.2) is 0 Å². The molecule has 1 aromatic heterocycles. The molecule has 0 unspecified atom stereocenters. The summed E-state index contributed by atoms with van der Waals surface area (Å²) in [5.74, 6) is 0.0184. The molecule has 0 radical (unpaired) electrons. The molecular formula is C23H23N3O2. The Morgan fingerprint density at radius 2 is 1.50 bits per heavy atom. The van der Waals surface area contributed by atoms with E-state index in [-0.39, 0.29) is 11.8 Å². The molecule has 1 aliphatic heterocycles. The summed E-state index contributed by atoms with van der Waals surface area (Å²) in [7, 11) is 1.95. The maximum atomic E-state index is 13.0. The Kier molecular flexibility index (Phi) is 4.98. The minimum atomic E-state index is -0.0129. The van der Waals surface area contributed by atoms with E-state index in [1.165, 1.54) is 0 Å². The molecule has 2 heterocycles. The zero-order chi connectivity index (χ0) is 19.5. The molecule has 1 fully saturated rings. The number of aryl methyl sites for hydroxylation is 1. The highest BCUT2D eigenvalue weighted by Crippen LogP contribution is 2.22. The molecule has 3 aromatic rings. The molecule has 0 spiro atoms. The van der Waals surface area contributed by atoms with Gasteiger partial charge in [-0.2, -0.15) is 0 Å². The Morgan fingerprint density at radius 1 is 0.857 bits per heavy atom. The number of amides is 2. The summed E-state index contributed by atoms with van der Waals surface area (Å²) in [6.07, 6.45) is 5.33. The molecule has 2 amide bonds. The summed E-state index contributed by atoms with van der Waals surface area (Å²) in [6.45, 7) is 2.20. The summed E-state index contributed by atoms with van der Waals surface area (Å²) in [4.78, 5) is 29.1. The average molecular weight is 373 g/mol. The van der Waals surface area contributed by atoms with Crippen molar-refractivity contribution in [2.45, 2.75) is 0 Å². The molecule has 5 nitrogen and oxygen atoms in total. The van der Waals surface area contributed by atoms with Crippen LogP contribution in [0.4, 0.5) is 0 Å². The molecule has 1 saturated heterocycles. The van der Waals surface area contributed by atoms with E-state index in [1.54, 1.807) is 11.0 Å². The van der Waals surface area contributed by atoms with Gasteiger partial charge in [0.1, 0.15) is 0 Å². The maximum absolute atomic E-state index is 13.0. The zero-order valence-corrected chi connectivity index (χ0v) is 15.9. The topological polar surface area (TPSA) is 45.6 Å². The van der Waals surface area contributed by atoms with Crippen molar-refractivity contribution >= 4 is 28.8 Å². The Morgan fingerprint density at radius 3 is 2.25 bits per heavy atom. The molecular weight excluding hydrogens is 350 g/mol. The third-order valence-electron chi connectivity index (χ3n) is 5.22. The monoisotopic (exact) mass is 373 g/mol. The van der Waals surface area contributed by atoms with Gasteiger partial charge < -0.3 is 14.4 Å². The largest absolute Gasteiger partial charge is 0.350 e. The quantitative estimate of drug-likeness (QED) is 0.662. The maximum Gasteiger partial charge on any atom is 0.256 e. The first kappa shape index (κ1) is 18.0. The van der Waals surface area contributed by atoms with Gasteiger partial charge in [-0.25, -0.2) is 0 Å². The van der Waals surface area contributed by atoms with E-state index in [2.05, 4.69) is 0 Å². The van der Waals surface area contributed by atoms with E-state index in [9.17, 15) is 9.59 Å². The van der Waals surface area contributed by atoms with Crippen molar-refractivity contribution in [2.24, 2.45) is 7.05 Å². The van der Waals surface area contributed by atoms with Crippen molar-refractivity contribution in [3.63, 3.8) is 0 Å². The number of carbonyl (C=O) groups is 2. The third kappa shape index (κ3) is 3.56. The van der Waals surface area contributed by atoms with E-state index < -0.39 is 0 Å². The van der Waals surface area contributed by atoms with Crippen LogP contribution in [0.3, 0.4) is 0 Å². The number of fused-ring (bicyclic) bond motifs is 1. The molecule has 0 saturated carbocycles. The first-order valence-corrected chi connectivity index (χ1v) is 9.49. The van der Waals surface area contributed by atoms with Crippen LogP contribution >= 0.6 is 0 Å². The normalized spacial score (nSPS) is 14.8. The highest BCUT2D eigenvalue weighted by Gasteiger charge is 2.25. The van der Waals surface area contributed by atoms with Crippen LogP contribution in [0.15, 0.2) is 66.9 Å². The molecule has 0 aliphatic carbocycles. The summed E-state index contributed by atoms with van der Waals surface area (Å²) >= 11 is 0.